The zero-order valence-corrected chi connectivity index (χ0v) is 8.62. The normalized spacial score (nSPS) is 12.4. The Balaban J connectivity index is 3.47. The molecule has 0 unspecified atom stereocenters. The summed E-state index contributed by atoms with van der Waals surface area (Å²) in [7, 11) is 0. The van der Waals surface area contributed by atoms with Gasteiger partial charge in [0.25, 0.3) is 0 Å². The van der Waals surface area contributed by atoms with Gasteiger partial charge in [-0.25, -0.2) is 4.79 Å². The molecule has 0 aromatic rings. The van der Waals surface area contributed by atoms with Crippen molar-refractivity contribution in [3.8, 4) is 0 Å². The van der Waals surface area contributed by atoms with E-state index in [0.717, 1.165) is 0 Å². The molecule has 0 heterocycles. The van der Waals surface area contributed by atoms with Gasteiger partial charge in [-0.1, -0.05) is 0 Å². The fraction of sp³-hybridized carbons (Fsp3) is 0.875. The Kier molecular flexibility index (Phi) is 6.11. The highest BCUT2D eigenvalue weighted by Gasteiger charge is 2.29. The molecule has 0 aliphatic heterocycles. The smallest absolute Gasteiger partial charge is 0.422 e. The van der Waals surface area contributed by atoms with Gasteiger partial charge in [-0.05, 0) is 12.8 Å². The molecule has 0 atom stereocenters. The average Bonchev–Trinajstić information content (AvgIpc) is 2.11. The van der Waals surface area contributed by atoms with E-state index >= 15 is 0 Å². The summed E-state index contributed by atoms with van der Waals surface area (Å²) in [4.78, 5) is 10.6. The second-order valence-electron chi connectivity index (χ2n) is 3.19. The summed E-state index contributed by atoms with van der Waals surface area (Å²) in [5, 5.41) is 1.91. The van der Waals surface area contributed by atoms with Gasteiger partial charge in [0, 0.05) is 13.0 Å². The lowest BCUT2D eigenvalue weighted by Crippen LogP contribution is -2.29. The van der Waals surface area contributed by atoms with E-state index in [1.54, 1.807) is 0 Å². The Morgan fingerprint density at radius 3 is 2.06 bits per heavy atom. The number of ether oxygens (including phenoxy) is 1. The van der Waals surface area contributed by atoms with Crippen LogP contribution in [0.1, 0.15) is 19.3 Å². The molecule has 9 heteroatoms. The molecule has 0 aromatic carbocycles. The zero-order chi connectivity index (χ0) is 13.5. The predicted molar refractivity (Wildman–Crippen MR) is 45.3 cm³/mol. The molecule has 0 saturated carbocycles. The lowest BCUT2D eigenvalue weighted by atomic mass is 10.2. The average molecular weight is 267 g/mol. The van der Waals surface area contributed by atoms with E-state index in [1.807, 2.05) is 5.32 Å². The van der Waals surface area contributed by atoms with Crippen LogP contribution in [0.2, 0.25) is 0 Å². The molecular weight excluding hydrogens is 256 g/mol. The Labute approximate surface area is 93.1 Å². The molecule has 0 fully saturated rings. The Hall–Kier alpha value is -1.15. The number of carbonyl (C=O) groups excluding carboxylic acids is 1. The number of halogens is 6. The van der Waals surface area contributed by atoms with Crippen molar-refractivity contribution in [2.45, 2.75) is 31.6 Å². The largest absolute Gasteiger partial charge is 0.440 e. The Bertz CT molecular complexity index is 237. The number of alkyl carbamates (subject to hydrolysis) is 1. The van der Waals surface area contributed by atoms with Crippen molar-refractivity contribution in [1.82, 2.24) is 5.32 Å². The summed E-state index contributed by atoms with van der Waals surface area (Å²) in [6, 6.07) is 0. The molecule has 0 saturated heterocycles. The van der Waals surface area contributed by atoms with Crippen molar-refractivity contribution < 1.29 is 35.9 Å². The Morgan fingerprint density at radius 1 is 1.00 bits per heavy atom. The molecule has 3 nitrogen and oxygen atoms in total. The number of amides is 1. The van der Waals surface area contributed by atoms with Gasteiger partial charge in [-0.2, -0.15) is 26.3 Å². The standard InChI is InChI=1S/C8H11F6NO2/c9-7(10,11)3-1-2-4-15-6(16)17-5-8(12,13)14/h1-5H2,(H,15,16). The third-order valence-electron chi connectivity index (χ3n) is 1.52. The van der Waals surface area contributed by atoms with Crippen LogP contribution in [0.5, 0.6) is 0 Å². The van der Waals surface area contributed by atoms with E-state index in [2.05, 4.69) is 4.74 Å². The van der Waals surface area contributed by atoms with Gasteiger partial charge in [0.05, 0.1) is 0 Å². The molecule has 0 aliphatic rings. The van der Waals surface area contributed by atoms with Crippen molar-refractivity contribution >= 4 is 6.09 Å². The summed E-state index contributed by atoms with van der Waals surface area (Å²) in [6.07, 6.45) is -11.4. The van der Waals surface area contributed by atoms with Crippen LogP contribution in [0.3, 0.4) is 0 Å². The highest BCUT2D eigenvalue weighted by Crippen LogP contribution is 2.21. The first kappa shape index (κ1) is 15.9. The van der Waals surface area contributed by atoms with Gasteiger partial charge in [0.15, 0.2) is 6.61 Å². The lowest BCUT2D eigenvalue weighted by Gasteiger charge is -2.09. The number of rotatable bonds is 5. The van der Waals surface area contributed by atoms with Crippen molar-refractivity contribution in [2.24, 2.45) is 0 Å². The quantitative estimate of drug-likeness (QED) is 0.614. The van der Waals surface area contributed by atoms with Gasteiger partial charge >= 0.3 is 18.4 Å². The highest BCUT2D eigenvalue weighted by molar-refractivity contribution is 5.67. The van der Waals surface area contributed by atoms with Crippen LogP contribution < -0.4 is 5.32 Å². The van der Waals surface area contributed by atoms with Crippen molar-refractivity contribution in [2.75, 3.05) is 13.2 Å². The van der Waals surface area contributed by atoms with Gasteiger partial charge < -0.3 is 10.1 Å². The number of carbonyl (C=O) groups is 1. The molecule has 0 rings (SSSR count). The number of alkyl halides is 6. The topological polar surface area (TPSA) is 38.3 Å². The maximum absolute atomic E-state index is 11.7. The Morgan fingerprint density at radius 2 is 1.59 bits per heavy atom. The predicted octanol–water partition coefficient (Wildman–Crippen LogP) is 3.01. The summed E-state index contributed by atoms with van der Waals surface area (Å²) in [5.74, 6) is 0. The van der Waals surface area contributed by atoms with Gasteiger partial charge in [0.1, 0.15) is 0 Å². The minimum Gasteiger partial charge on any atom is -0.440 e. The molecule has 0 bridgehead atoms. The molecular formula is C8H11F6NO2. The van der Waals surface area contributed by atoms with E-state index in [4.69, 9.17) is 0 Å². The van der Waals surface area contributed by atoms with Crippen LogP contribution in [0.4, 0.5) is 31.1 Å². The van der Waals surface area contributed by atoms with E-state index < -0.39 is 31.5 Å². The maximum Gasteiger partial charge on any atom is 0.422 e. The SMILES string of the molecule is O=C(NCCCCC(F)(F)F)OCC(F)(F)F. The number of unbranched alkanes of at least 4 members (excludes halogenated alkanes) is 1. The van der Waals surface area contributed by atoms with Crippen LogP contribution in [-0.2, 0) is 4.74 Å². The molecule has 1 amide bonds. The van der Waals surface area contributed by atoms with Crippen LogP contribution in [0.25, 0.3) is 0 Å². The maximum atomic E-state index is 11.7. The fourth-order valence-electron chi connectivity index (χ4n) is 0.839. The van der Waals surface area contributed by atoms with E-state index in [1.165, 1.54) is 0 Å². The van der Waals surface area contributed by atoms with Gasteiger partial charge in [-0.15, -0.1) is 0 Å². The molecule has 17 heavy (non-hydrogen) atoms. The van der Waals surface area contributed by atoms with E-state index in [9.17, 15) is 31.1 Å². The number of nitrogens with one attached hydrogen (secondary N) is 1. The van der Waals surface area contributed by atoms with Gasteiger partial charge in [-0.3, -0.25) is 0 Å². The first-order chi connectivity index (χ1) is 7.60. The third-order valence-corrected chi connectivity index (χ3v) is 1.52. The van der Waals surface area contributed by atoms with Crippen LogP contribution in [0, 0.1) is 0 Å². The third kappa shape index (κ3) is 12.8. The zero-order valence-electron chi connectivity index (χ0n) is 8.62. The fourth-order valence-corrected chi connectivity index (χ4v) is 0.839. The number of hydrogen-bond donors (Lipinski definition) is 1. The van der Waals surface area contributed by atoms with Crippen molar-refractivity contribution in [3.05, 3.63) is 0 Å². The van der Waals surface area contributed by atoms with Crippen molar-refractivity contribution in [1.29, 1.82) is 0 Å². The van der Waals surface area contributed by atoms with E-state index in [0.29, 0.717) is 0 Å². The minimum absolute atomic E-state index is 0.0145. The van der Waals surface area contributed by atoms with Crippen molar-refractivity contribution in [3.63, 3.8) is 0 Å². The molecule has 1 N–H and O–H groups in total. The van der Waals surface area contributed by atoms with Gasteiger partial charge in [0.2, 0.25) is 0 Å². The van der Waals surface area contributed by atoms with Crippen LogP contribution in [-0.4, -0.2) is 31.6 Å². The second-order valence-corrected chi connectivity index (χ2v) is 3.19. The molecule has 0 aromatic heterocycles. The second kappa shape index (κ2) is 6.55. The van der Waals surface area contributed by atoms with E-state index in [-0.39, 0.29) is 19.4 Å². The molecule has 0 radical (unpaired) electrons. The first-order valence-electron chi connectivity index (χ1n) is 4.64. The summed E-state index contributed by atoms with van der Waals surface area (Å²) < 4.78 is 73.4. The first-order valence-corrected chi connectivity index (χ1v) is 4.64. The molecule has 0 spiro atoms. The lowest BCUT2D eigenvalue weighted by molar-refractivity contribution is -0.160. The minimum atomic E-state index is -4.62. The highest BCUT2D eigenvalue weighted by atomic mass is 19.4. The number of hydrogen-bond acceptors (Lipinski definition) is 2. The van der Waals surface area contributed by atoms with Crippen LogP contribution in [0.15, 0.2) is 0 Å². The molecule has 0 aliphatic carbocycles. The monoisotopic (exact) mass is 267 g/mol. The summed E-state index contributed by atoms with van der Waals surface area (Å²) in [6.45, 7) is -1.88. The summed E-state index contributed by atoms with van der Waals surface area (Å²) in [5.41, 5.74) is 0. The summed E-state index contributed by atoms with van der Waals surface area (Å²) >= 11 is 0. The van der Waals surface area contributed by atoms with Crippen LogP contribution >= 0.6 is 0 Å². The molecule has 102 valence electrons.